The fourth-order valence-corrected chi connectivity index (χ4v) is 11.7. The van der Waals surface area contributed by atoms with Crippen molar-refractivity contribution in [3.63, 3.8) is 0 Å². The summed E-state index contributed by atoms with van der Waals surface area (Å²) in [6, 6.07) is 8.74. The number of benzene rings is 2. The molecule has 16 nitrogen and oxygen atoms in total. The van der Waals surface area contributed by atoms with E-state index < -0.39 is 68.2 Å². The Balaban J connectivity index is 1.37. The van der Waals surface area contributed by atoms with Crippen molar-refractivity contribution in [2.45, 2.75) is 181 Å². The Kier molecular flexibility index (Phi) is 14.1. The van der Waals surface area contributed by atoms with Gasteiger partial charge in [0.05, 0.1) is 59.8 Å². The van der Waals surface area contributed by atoms with Crippen molar-refractivity contribution >= 4 is 23.9 Å². The molecule has 0 spiro atoms. The smallest absolute Gasteiger partial charge is 0.338 e. The van der Waals surface area contributed by atoms with Gasteiger partial charge < -0.3 is 29.4 Å². The summed E-state index contributed by atoms with van der Waals surface area (Å²) in [5.41, 5.74) is -5.12. The fourth-order valence-electron chi connectivity index (χ4n) is 11.7. The van der Waals surface area contributed by atoms with Crippen LogP contribution in [-0.2, 0) is 29.4 Å². The summed E-state index contributed by atoms with van der Waals surface area (Å²) >= 11 is 0. The van der Waals surface area contributed by atoms with Crippen LogP contribution in [0.15, 0.2) is 36.4 Å². The normalized spacial score (nSPS) is 27.8. The third-order valence-electron chi connectivity index (χ3n) is 16.2. The molecule has 4 aliphatic rings. The second-order valence-electron chi connectivity index (χ2n) is 24.7. The highest BCUT2D eigenvalue weighted by atomic mass is 16.6. The third-order valence-corrected chi connectivity index (χ3v) is 16.2. The van der Waals surface area contributed by atoms with Gasteiger partial charge in [-0.05, 0) is 184 Å². The highest BCUT2D eigenvalue weighted by Gasteiger charge is 2.55. The minimum Gasteiger partial charge on any atom is -0.462 e. The van der Waals surface area contributed by atoms with Crippen LogP contribution < -0.4 is 0 Å². The van der Waals surface area contributed by atoms with Crippen LogP contribution in [0.4, 0.5) is 0 Å². The standard InChI is InChI=1S/C52H76N4O12/c1-45(2)23-37(49(9,10)53(45)61)27-65-41(57)33-17-31(18-34(21-33)42(58)66-28-38-24-46(3,4)54(62)50(38,11)12)32-19-35(43(59)67-29-39-25-47(5,6)55(63)51(39,13)14)22-36(20-32)44(60)68-30-40-26-48(7,8)56(64)52(40,15)16/h17-22,37-40,61,63H,23-30H2,1-16H3. The van der Waals surface area contributed by atoms with E-state index in [1.54, 1.807) is 0 Å². The second-order valence-corrected chi connectivity index (χ2v) is 24.7. The molecular weight excluding hydrogens is 873 g/mol. The van der Waals surface area contributed by atoms with E-state index in [-0.39, 0.29) is 83.5 Å². The van der Waals surface area contributed by atoms with Crippen molar-refractivity contribution in [1.82, 2.24) is 20.3 Å². The number of hydroxylamine groups is 8. The molecule has 0 saturated carbocycles. The topological polar surface area (TPSA) is 198 Å². The van der Waals surface area contributed by atoms with Gasteiger partial charge in [0.1, 0.15) is 0 Å². The summed E-state index contributed by atoms with van der Waals surface area (Å²) in [6.07, 6.45) is 2.04. The van der Waals surface area contributed by atoms with Crippen molar-refractivity contribution < 1.29 is 59.0 Å². The zero-order valence-corrected chi connectivity index (χ0v) is 43.2. The minimum atomic E-state index is -0.827. The lowest BCUT2D eigenvalue weighted by molar-refractivity contribution is -0.249. The highest BCUT2D eigenvalue weighted by Crippen LogP contribution is 2.47. The Labute approximate surface area is 402 Å². The van der Waals surface area contributed by atoms with Crippen LogP contribution in [0, 0.1) is 23.7 Å². The van der Waals surface area contributed by atoms with E-state index in [9.17, 15) is 40.0 Å². The molecule has 4 saturated heterocycles. The SMILES string of the molecule is CC1(C)CC(COC(=O)c2cc(C(=O)OCC3CC(C)(C)N(O)C3(C)C)cc(-c3cc(C(=O)OCC4CC(C)(C)N([O])C4(C)C)cc(C(=O)OCC4CC(C)(C)N(O)C4(C)C)c3)c2)C(C)(C)N1[O]. The van der Waals surface area contributed by atoms with E-state index in [2.05, 4.69) is 0 Å². The van der Waals surface area contributed by atoms with Crippen molar-refractivity contribution in [3.05, 3.63) is 58.7 Å². The predicted molar refractivity (Wildman–Crippen MR) is 250 cm³/mol. The average Bonchev–Trinajstić information content (AvgIpc) is 3.68. The first-order valence-corrected chi connectivity index (χ1v) is 23.9. The maximum Gasteiger partial charge on any atom is 0.338 e. The number of carbonyl (C=O) groups is 4. The molecule has 2 radical (unpaired) electrons. The summed E-state index contributed by atoms with van der Waals surface area (Å²) in [6.45, 7) is 29.6. The average molecular weight is 949 g/mol. The molecule has 2 aromatic rings. The number of hydrogen-bond donors (Lipinski definition) is 2. The molecule has 68 heavy (non-hydrogen) atoms. The Hall–Kier alpha value is -4.00. The van der Waals surface area contributed by atoms with Crippen LogP contribution in [0.25, 0.3) is 11.1 Å². The van der Waals surface area contributed by atoms with Crippen LogP contribution in [-0.4, -0.2) is 125 Å². The molecule has 4 atom stereocenters. The molecular formula is C52H76N4O12. The van der Waals surface area contributed by atoms with E-state index >= 15 is 0 Å². The lowest BCUT2D eigenvalue weighted by Gasteiger charge is -2.35. The lowest BCUT2D eigenvalue weighted by atomic mass is 9.88. The maximum absolute atomic E-state index is 14.1. The van der Waals surface area contributed by atoms with Gasteiger partial charge in [0.25, 0.3) is 0 Å². The van der Waals surface area contributed by atoms with Crippen LogP contribution in [0.3, 0.4) is 0 Å². The molecule has 376 valence electrons. The zero-order chi connectivity index (χ0) is 51.1. The molecule has 16 heteroatoms. The van der Waals surface area contributed by atoms with E-state index in [1.165, 1.54) is 46.5 Å². The Morgan fingerprint density at radius 2 is 0.632 bits per heavy atom. The number of rotatable bonds is 13. The molecule has 6 rings (SSSR count). The molecule has 0 bridgehead atoms. The van der Waals surface area contributed by atoms with E-state index in [0.717, 1.165) is 10.1 Å². The molecule has 2 N–H and O–H groups in total. The Bertz CT molecular complexity index is 1980. The second kappa shape index (κ2) is 18.0. The van der Waals surface area contributed by atoms with Gasteiger partial charge in [0.15, 0.2) is 0 Å². The number of ether oxygens (including phenoxy) is 4. The number of nitrogens with zero attached hydrogens (tertiary/aromatic N) is 4. The summed E-state index contributed by atoms with van der Waals surface area (Å²) in [4.78, 5) is 56.4. The number of carbonyl (C=O) groups excluding carboxylic acids is 4. The third kappa shape index (κ3) is 9.99. The molecule has 4 heterocycles. The first-order valence-electron chi connectivity index (χ1n) is 23.9. The van der Waals surface area contributed by atoms with Crippen molar-refractivity contribution in [1.29, 1.82) is 0 Å². The molecule has 0 aromatic heterocycles. The van der Waals surface area contributed by atoms with Gasteiger partial charge in [0.2, 0.25) is 0 Å². The largest absolute Gasteiger partial charge is 0.462 e. The fraction of sp³-hybridized carbons (Fsp3) is 0.692. The van der Waals surface area contributed by atoms with Gasteiger partial charge in [-0.15, -0.1) is 20.5 Å². The summed E-state index contributed by atoms with van der Waals surface area (Å²) in [5.74, 6) is -4.12. The van der Waals surface area contributed by atoms with Crippen LogP contribution in [0.5, 0.6) is 0 Å². The molecule has 4 aliphatic heterocycles. The molecule has 4 unspecified atom stereocenters. The summed E-state index contributed by atoms with van der Waals surface area (Å²) < 4.78 is 23.6. The first kappa shape index (κ1) is 53.4. The van der Waals surface area contributed by atoms with E-state index in [4.69, 9.17) is 18.9 Å². The monoisotopic (exact) mass is 949 g/mol. The molecule has 4 fully saturated rings. The zero-order valence-electron chi connectivity index (χ0n) is 43.2. The number of esters is 4. The lowest BCUT2D eigenvalue weighted by Crippen LogP contribution is -2.47. The van der Waals surface area contributed by atoms with Crippen LogP contribution in [0.2, 0.25) is 0 Å². The van der Waals surface area contributed by atoms with Gasteiger partial charge in [0, 0.05) is 56.9 Å². The van der Waals surface area contributed by atoms with E-state index in [1.807, 2.05) is 111 Å². The predicted octanol–water partition coefficient (Wildman–Crippen LogP) is 8.97. The summed E-state index contributed by atoms with van der Waals surface area (Å²) in [5, 5.41) is 52.9. The molecule has 0 aliphatic carbocycles. The van der Waals surface area contributed by atoms with Crippen molar-refractivity contribution in [3.8, 4) is 11.1 Å². The molecule has 0 amide bonds. The van der Waals surface area contributed by atoms with Crippen LogP contribution in [0.1, 0.15) is 178 Å². The minimum absolute atomic E-state index is 0.0107. The molecule has 2 aromatic carbocycles. The maximum atomic E-state index is 14.1. The first-order chi connectivity index (χ1) is 31.0. The van der Waals surface area contributed by atoms with Crippen molar-refractivity contribution in [2.24, 2.45) is 23.7 Å². The van der Waals surface area contributed by atoms with Gasteiger partial charge >= 0.3 is 23.9 Å². The van der Waals surface area contributed by atoms with Crippen LogP contribution >= 0.6 is 0 Å². The Morgan fingerprint density at radius 1 is 0.412 bits per heavy atom. The van der Waals surface area contributed by atoms with Gasteiger partial charge in [-0.25, -0.2) is 19.2 Å². The Morgan fingerprint density at radius 3 is 0.824 bits per heavy atom. The van der Waals surface area contributed by atoms with E-state index in [0.29, 0.717) is 25.7 Å². The quantitative estimate of drug-likeness (QED) is 0.142. The highest BCUT2D eigenvalue weighted by molar-refractivity contribution is 6.00. The van der Waals surface area contributed by atoms with Gasteiger partial charge in [-0.1, -0.05) is 0 Å². The van der Waals surface area contributed by atoms with Crippen molar-refractivity contribution in [2.75, 3.05) is 26.4 Å². The van der Waals surface area contributed by atoms with Gasteiger partial charge in [-0.2, -0.15) is 10.1 Å². The summed E-state index contributed by atoms with van der Waals surface area (Å²) in [7, 11) is 0. The van der Waals surface area contributed by atoms with Gasteiger partial charge in [-0.3, -0.25) is 0 Å². The number of hydrogen-bond acceptors (Lipinski definition) is 14.